The molecule has 1 unspecified atom stereocenters. The van der Waals surface area contributed by atoms with Crippen molar-refractivity contribution < 1.29 is 9.13 Å². The number of aliphatic imine (C=N–C) groups is 1. The summed E-state index contributed by atoms with van der Waals surface area (Å²) >= 11 is 1.65. The smallest absolute Gasteiger partial charge is 0.191 e. The Morgan fingerprint density at radius 3 is 2.81 bits per heavy atom. The molecule has 1 aromatic heterocycles. The number of halogens is 2. The molecule has 1 saturated heterocycles. The van der Waals surface area contributed by atoms with Gasteiger partial charge in [-0.2, -0.15) is 0 Å². The van der Waals surface area contributed by atoms with Gasteiger partial charge in [-0.25, -0.2) is 14.4 Å². The number of thiazole rings is 1. The number of hydrogen-bond acceptors (Lipinski definition) is 5. The number of aromatic nitrogens is 1. The Labute approximate surface area is 173 Å². The summed E-state index contributed by atoms with van der Waals surface area (Å²) in [5.74, 6) is 0.706. The van der Waals surface area contributed by atoms with E-state index in [0.29, 0.717) is 18.3 Å². The van der Waals surface area contributed by atoms with Crippen LogP contribution in [0.3, 0.4) is 0 Å². The summed E-state index contributed by atoms with van der Waals surface area (Å²) < 4.78 is 18.8. The van der Waals surface area contributed by atoms with E-state index in [-0.39, 0.29) is 35.9 Å². The number of nitrogens with zero attached hydrogens (tertiary/aromatic N) is 4. The minimum Gasteiger partial charge on any atom is -0.489 e. The van der Waals surface area contributed by atoms with E-state index in [0.717, 1.165) is 31.3 Å². The number of nitrogens with two attached hydrogens (primary N) is 1. The minimum atomic E-state index is -0.314. The van der Waals surface area contributed by atoms with E-state index in [4.69, 9.17) is 10.5 Å². The van der Waals surface area contributed by atoms with Crippen molar-refractivity contribution >= 4 is 46.4 Å². The van der Waals surface area contributed by atoms with Crippen LogP contribution in [0.25, 0.3) is 0 Å². The second kappa shape index (κ2) is 9.91. The van der Waals surface area contributed by atoms with Gasteiger partial charge < -0.3 is 20.3 Å². The summed E-state index contributed by atoms with van der Waals surface area (Å²) in [7, 11) is 0. The fourth-order valence-electron chi connectivity index (χ4n) is 2.63. The van der Waals surface area contributed by atoms with Crippen LogP contribution < -0.4 is 15.4 Å². The van der Waals surface area contributed by atoms with Crippen molar-refractivity contribution in [3.8, 4) is 5.75 Å². The Morgan fingerprint density at radius 2 is 2.15 bits per heavy atom. The predicted octanol–water partition coefficient (Wildman–Crippen LogP) is 2.80. The number of rotatable bonds is 5. The zero-order chi connectivity index (χ0) is 17.6. The summed E-state index contributed by atoms with van der Waals surface area (Å²) in [5, 5.41) is 3.03. The third kappa shape index (κ3) is 5.70. The highest BCUT2D eigenvalue weighted by molar-refractivity contribution is 14.0. The molecule has 2 heterocycles. The van der Waals surface area contributed by atoms with E-state index in [2.05, 4.69) is 19.8 Å². The fraction of sp³-hybridized carbons (Fsp3) is 0.412. The minimum absolute atomic E-state index is 0. The largest absolute Gasteiger partial charge is 0.489 e. The van der Waals surface area contributed by atoms with Gasteiger partial charge in [0.15, 0.2) is 11.1 Å². The quantitative estimate of drug-likeness (QED) is 0.396. The van der Waals surface area contributed by atoms with Crippen molar-refractivity contribution in [2.45, 2.75) is 13.0 Å². The lowest BCUT2D eigenvalue weighted by molar-refractivity contribution is 0.228. The molecule has 1 aliphatic rings. The molecule has 2 aromatic rings. The maximum Gasteiger partial charge on any atom is 0.191 e. The molecule has 0 saturated carbocycles. The van der Waals surface area contributed by atoms with Crippen LogP contribution in [0.4, 0.5) is 9.52 Å². The number of piperazine rings is 1. The Morgan fingerprint density at radius 1 is 1.38 bits per heavy atom. The Bertz CT molecular complexity index is 707. The van der Waals surface area contributed by atoms with Gasteiger partial charge in [0.1, 0.15) is 17.7 Å². The molecule has 0 spiro atoms. The first-order valence-corrected chi connectivity index (χ1v) is 9.11. The summed E-state index contributed by atoms with van der Waals surface area (Å²) in [6.07, 6.45) is 1.64. The van der Waals surface area contributed by atoms with E-state index in [1.165, 1.54) is 12.1 Å². The molecular formula is C17H23FIN5OS. The molecule has 26 heavy (non-hydrogen) atoms. The van der Waals surface area contributed by atoms with Gasteiger partial charge in [-0.1, -0.05) is 6.07 Å². The van der Waals surface area contributed by atoms with Crippen LogP contribution in [0.2, 0.25) is 0 Å². The van der Waals surface area contributed by atoms with Gasteiger partial charge in [-0.15, -0.1) is 35.3 Å². The van der Waals surface area contributed by atoms with Crippen molar-refractivity contribution in [3.63, 3.8) is 0 Å². The number of benzene rings is 1. The average Bonchev–Trinajstić information content (AvgIpc) is 3.14. The molecule has 3 rings (SSSR count). The van der Waals surface area contributed by atoms with Crippen molar-refractivity contribution in [2.24, 2.45) is 10.7 Å². The molecule has 0 amide bonds. The molecule has 2 N–H and O–H groups in total. The van der Waals surface area contributed by atoms with Crippen molar-refractivity contribution in [1.82, 2.24) is 9.88 Å². The van der Waals surface area contributed by atoms with Crippen LogP contribution in [0.5, 0.6) is 5.75 Å². The molecule has 6 nitrogen and oxygen atoms in total. The van der Waals surface area contributed by atoms with E-state index in [1.807, 2.05) is 18.5 Å². The first-order chi connectivity index (χ1) is 12.1. The predicted molar refractivity (Wildman–Crippen MR) is 114 cm³/mol. The third-order valence-electron chi connectivity index (χ3n) is 3.94. The van der Waals surface area contributed by atoms with Gasteiger partial charge in [0.25, 0.3) is 0 Å². The van der Waals surface area contributed by atoms with Gasteiger partial charge in [-0.3, -0.25) is 0 Å². The second-order valence-electron chi connectivity index (χ2n) is 5.87. The van der Waals surface area contributed by atoms with Gasteiger partial charge in [0.05, 0.1) is 6.54 Å². The van der Waals surface area contributed by atoms with Gasteiger partial charge in [0.2, 0.25) is 0 Å². The SMILES string of the molecule is CC(CN=C(N)N1CCN(c2nccs2)CC1)Oc1cccc(F)c1.I. The normalized spacial score (nSPS) is 16.2. The molecule has 1 aromatic carbocycles. The number of ether oxygens (including phenoxy) is 1. The first-order valence-electron chi connectivity index (χ1n) is 8.23. The van der Waals surface area contributed by atoms with E-state index >= 15 is 0 Å². The zero-order valence-corrected chi connectivity index (χ0v) is 17.7. The van der Waals surface area contributed by atoms with E-state index in [9.17, 15) is 4.39 Å². The van der Waals surface area contributed by atoms with Crippen LogP contribution >= 0.6 is 35.3 Å². The summed E-state index contributed by atoms with van der Waals surface area (Å²) in [6.45, 7) is 5.69. The van der Waals surface area contributed by atoms with Crippen LogP contribution in [0, 0.1) is 5.82 Å². The van der Waals surface area contributed by atoms with Crippen molar-refractivity contribution in [2.75, 3.05) is 37.6 Å². The Balaban J connectivity index is 0.00000243. The Hall–Kier alpha value is -1.62. The maximum absolute atomic E-state index is 13.2. The maximum atomic E-state index is 13.2. The second-order valence-corrected chi connectivity index (χ2v) is 6.75. The van der Waals surface area contributed by atoms with Crippen molar-refractivity contribution in [1.29, 1.82) is 0 Å². The highest BCUT2D eigenvalue weighted by Crippen LogP contribution is 2.19. The molecule has 142 valence electrons. The topological polar surface area (TPSA) is 67.0 Å². The molecule has 1 aliphatic heterocycles. The van der Waals surface area contributed by atoms with Crippen LogP contribution in [-0.4, -0.2) is 54.7 Å². The van der Waals surface area contributed by atoms with Crippen molar-refractivity contribution in [3.05, 3.63) is 41.7 Å². The molecule has 9 heteroatoms. The standard InChI is InChI=1S/C17H22FN5OS.HI/c1-13(24-15-4-2-3-14(18)11-15)12-21-16(19)22-6-8-23(9-7-22)17-20-5-10-25-17;/h2-5,10-11,13H,6-9,12H2,1H3,(H2,19,21);1H. The average molecular weight is 491 g/mol. The summed E-state index contributed by atoms with van der Waals surface area (Å²) in [4.78, 5) is 13.1. The monoisotopic (exact) mass is 491 g/mol. The molecule has 0 aliphatic carbocycles. The van der Waals surface area contributed by atoms with E-state index < -0.39 is 0 Å². The lowest BCUT2D eigenvalue weighted by Crippen LogP contribution is -2.51. The summed E-state index contributed by atoms with van der Waals surface area (Å²) in [6, 6.07) is 6.10. The molecular weight excluding hydrogens is 468 g/mol. The number of hydrogen-bond donors (Lipinski definition) is 1. The van der Waals surface area contributed by atoms with Crippen LogP contribution in [0.15, 0.2) is 40.8 Å². The highest BCUT2D eigenvalue weighted by Gasteiger charge is 2.20. The van der Waals surface area contributed by atoms with E-state index in [1.54, 1.807) is 23.5 Å². The molecule has 1 fully saturated rings. The lowest BCUT2D eigenvalue weighted by Gasteiger charge is -2.35. The molecule has 1 atom stereocenters. The number of guanidine groups is 1. The fourth-order valence-corrected chi connectivity index (χ4v) is 3.33. The van der Waals surface area contributed by atoms with Crippen LogP contribution in [-0.2, 0) is 0 Å². The van der Waals surface area contributed by atoms with Gasteiger partial charge in [0, 0.05) is 43.8 Å². The molecule has 0 radical (unpaired) electrons. The summed E-state index contributed by atoms with van der Waals surface area (Å²) in [5.41, 5.74) is 6.11. The number of anilines is 1. The first kappa shape index (κ1) is 20.7. The third-order valence-corrected chi connectivity index (χ3v) is 4.77. The lowest BCUT2D eigenvalue weighted by atomic mass is 10.3. The van der Waals surface area contributed by atoms with Crippen LogP contribution in [0.1, 0.15) is 6.92 Å². The Kier molecular flexibility index (Phi) is 7.88. The highest BCUT2D eigenvalue weighted by atomic mass is 127. The van der Waals surface area contributed by atoms with Gasteiger partial charge in [-0.05, 0) is 19.1 Å². The zero-order valence-electron chi connectivity index (χ0n) is 14.5. The molecule has 0 bridgehead atoms. The van der Waals surface area contributed by atoms with Gasteiger partial charge >= 0.3 is 0 Å².